The SMILES string of the molecule is CC(C)(C)OC(=O)C(C)(C)Cc1ccc(-c2cccc(-c3cc(C(C)(C)S(C)(=O)=O)cc4cccnc34)c2)cc1. The third kappa shape index (κ3) is 6.28. The lowest BCUT2D eigenvalue weighted by Gasteiger charge is -2.28. The number of hydrogen-bond acceptors (Lipinski definition) is 5. The summed E-state index contributed by atoms with van der Waals surface area (Å²) in [5.41, 5.74) is 5.38. The summed E-state index contributed by atoms with van der Waals surface area (Å²) < 4.78 is 29.9. The highest BCUT2D eigenvalue weighted by atomic mass is 32.2. The second kappa shape index (κ2) is 10.5. The summed E-state index contributed by atoms with van der Waals surface area (Å²) in [5.74, 6) is -0.209. The number of carbonyl (C=O) groups excluding carboxylic acids is 1. The summed E-state index contributed by atoms with van der Waals surface area (Å²) >= 11 is 0. The molecule has 5 nitrogen and oxygen atoms in total. The van der Waals surface area contributed by atoms with E-state index in [0.29, 0.717) is 6.42 Å². The Labute approximate surface area is 238 Å². The van der Waals surface area contributed by atoms with Crippen LogP contribution >= 0.6 is 0 Å². The number of fused-ring (bicyclic) bond motifs is 1. The molecule has 0 aliphatic carbocycles. The smallest absolute Gasteiger partial charge is 0.312 e. The Morgan fingerprint density at radius 3 is 2.08 bits per heavy atom. The number of rotatable bonds is 7. The molecule has 40 heavy (non-hydrogen) atoms. The Hall–Kier alpha value is -3.51. The first-order valence-corrected chi connectivity index (χ1v) is 15.4. The lowest BCUT2D eigenvalue weighted by molar-refractivity contribution is -0.165. The van der Waals surface area contributed by atoms with Crippen molar-refractivity contribution in [1.29, 1.82) is 0 Å². The minimum Gasteiger partial charge on any atom is -0.460 e. The van der Waals surface area contributed by atoms with E-state index < -0.39 is 25.6 Å². The molecular weight excluding hydrogens is 518 g/mol. The van der Waals surface area contributed by atoms with Crippen molar-refractivity contribution < 1.29 is 17.9 Å². The van der Waals surface area contributed by atoms with Gasteiger partial charge in [0.05, 0.1) is 15.7 Å². The summed E-state index contributed by atoms with van der Waals surface area (Å²) in [5, 5.41) is 0.897. The lowest BCUT2D eigenvalue weighted by atomic mass is 9.85. The van der Waals surface area contributed by atoms with Crippen LogP contribution in [-0.4, -0.2) is 31.2 Å². The van der Waals surface area contributed by atoms with Crippen molar-refractivity contribution in [3.05, 3.63) is 90.1 Å². The third-order valence-corrected chi connectivity index (χ3v) is 9.48. The van der Waals surface area contributed by atoms with E-state index in [1.165, 1.54) is 6.26 Å². The fourth-order valence-corrected chi connectivity index (χ4v) is 5.20. The quantitative estimate of drug-likeness (QED) is 0.217. The van der Waals surface area contributed by atoms with Gasteiger partial charge in [-0.3, -0.25) is 9.78 Å². The number of ether oxygens (including phenoxy) is 1. The van der Waals surface area contributed by atoms with Gasteiger partial charge in [-0.05, 0) is 107 Å². The molecule has 0 fully saturated rings. The van der Waals surface area contributed by atoms with Crippen molar-refractivity contribution in [2.45, 2.75) is 65.2 Å². The molecule has 0 amide bonds. The number of carbonyl (C=O) groups is 1. The topological polar surface area (TPSA) is 73.3 Å². The molecular formula is C34H39NO4S. The van der Waals surface area contributed by atoms with E-state index in [9.17, 15) is 13.2 Å². The molecule has 4 rings (SSSR count). The zero-order valence-corrected chi connectivity index (χ0v) is 25.5. The van der Waals surface area contributed by atoms with Gasteiger partial charge in [0.2, 0.25) is 0 Å². The minimum absolute atomic E-state index is 0.209. The highest BCUT2D eigenvalue weighted by Crippen LogP contribution is 2.37. The van der Waals surface area contributed by atoms with Gasteiger partial charge in [0.1, 0.15) is 5.60 Å². The number of pyridine rings is 1. The number of nitrogens with zero attached hydrogens (tertiary/aromatic N) is 1. The van der Waals surface area contributed by atoms with E-state index >= 15 is 0 Å². The first kappa shape index (κ1) is 29.5. The van der Waals surface area contributed by atoms with Crippen LogP contribution in [0.2, 0.25) is 0 Å². The zero-order valence-electron chi connectivity index (χ0n) is 24.7. The zero-order chi connectivity index (χ0) is 29.5. The maximum Gasteiger partial charge on any atom is 0.312 e. The number of benzene rings is 3. The Morgan fingerprint density at radius 1 is 0.800 bits per heavy atom. The Kier molecular flexibility index (Phi) is 7.72. The maximum atomic E-state index is 12.7. The van der Waals surface area contributed by atoms with E-state index in [1.807, 2.05) is 71.0 Å². The molecule has 0 unspecified atom stereocenters. The van der Waals surface area contributed by atoms with Gasteiger partial charge in [-0.1, -0.05) is 48.5 Å². The van der Waals surface area contributed by atoms with Gasteiger partial charge in [-0.15, -0.1) is 0 Å². The van der Waals surface area contributed by atoms with Crippen LogP contribution in [0.4, 0.5) is 0 Å². The van der Waals surface area contributed by atoms with E-state index in [1.54, 1.807) is 20.0 Å². The van der Waals surface area contributed by atoms with Crippen LogP contribution in [0.1, 0.15) is 59.6 Å². The van der Waals surface area contributed by atoms with E-state index in [0.717, 1.165) is 44.3 Å². The third-order valence-electron chi connectivity index (χ3n) is 7.39. The molecule has 1 aromatic heterocycles. The van der Waals surface area contributed by atoms with Gasteiger partial charge in [0.25, 0.3) is 0 Å². The van der Waals surface area contributed by atoms with E-state index in [-0.39, 0.29) is 5.97 Å². The molecule has 210 valence electrons. The predicted molar refractivity (Wildman–Crippen MR) is 164 cm³/mol. The maximum absolute atomic E-state index is 12.7. The van der Waals surface area contributed by atoms with Gasteiger partial charge in [0, 0.05) is 23.4 Å². The first-order chi connectivity index (χ1) is 18.5. The average Bonchev–Trinajstić information content (AvgIpc) is 2.86. The van der Waals surface area contributed by atoms with Crippen LogP contribution in [0.5, 0.6) is 0 Å². The number of aromatic nitrogens is 1. The van der Waals surface area contributed by atoms with Crippen LogP contribution in [0, 0.1) is 5.41 Å². The van der Waals surface area contributed by atoms with Gasteiger partial charge in [-0.25, -0.2) is 8.42 Å². The van der Waals surface area contributed by atoms with Crippen LogP contribution in [0.3, 0.4) is 0 Å². The van der Waals surface area contributed by atoms with Gasteiger partial charge in [0.15, 0.2) is 9.84 Å². The molecule has 0 radical (unpaired) electrons. The molecule has 0 aliphatic rings. The molecule has 0 bridgehead atoms. The van der Waals surface area contributed by atoms with Crippen molar-refractivity contribution in [2.75, 3.05) is 6.26 Å². The molecule has 0 atom stereocenters. The highest BCUT2D eigenvalue weighted by Gasteiger charge is 2.34. The van der Waals surface area contributed by atoms with Gasteiger partial charge < -0.3 is 4.74 Å². The first-order valence-electron chi connectivity index (χ1n) is 13.5. The standard InChI is InChI=1S/C34H39NO4S/c1-32(2,3)39-31(36)33(4,5)22-23-14-16-24(17-15-23)25-11-9-12-26(19-25)29-21-28(34(6,7)40(8,37)38)20-27-13-10-18-35-30(27)29/h9-21H,22H2,1-8H3. The van der Waals surface area contributed by atoms with Crippen LogP contribution < -0.4 is 0 Å². The summed E-state index contributed by atoms with van der Waals surface area (Å²) in [7, 11) is -3.36. The second-order valence-corrected chi connectivity index (χ2v) is 15.3. The van der Waals surface area contributed by atoms with Crippen molar-refractivity contribution in [1.82, 2.24) is 4.98 Å². The largest absolute Gasteiger partial charge is 0.460 e. The Bertz CT molecular complexity index is 1660. The number of sulfone groups is 1. The van der Waals surface area contributed by atoms with Crippen molar-refractivity contribution in [3.8, 4) is 22.3 Å². The Morgan fingerprint density at radius 2 is 1.45 bits per heavy atom. The average molecular weight is 558 g/mol. The summed E-state index contributed by atoms with van der Waals surface area (Å²) in [6.45, 7) is 13.0. The molecule has 0 saturated heterocycles. The summed E-state index contributed by atoms with van der Waals surface area (Å²) in [4.78, 5) is 17.4. The van der Waals surface area contributed by atoms with Gasteiger partial charge >= 0.3 is 5.97 Å². The van der Waals surface area contributed by atoms with Crippen molar-refractivity contribution in [2.24, 2.45) is 5.41 Å². The molecule has 0 aliphatic heterocycles. The minimum atomic E-state index is -3.36. The predicted octanol–water partition coefficient (Wildman–Crippen LogP) is 7.76. The summed E-state index contributed by atoms with van der Waals surface area (Å²) in [6.07, 6.45) is 3.61. The molecule has 6 heteroatoms. The molecule has 0 saturated carbocycles. The molecule has 0 spiro atoms. The Balaban J connectivity index is 1.69. The molecule has 0 N–H and O–H groups in total. The number of hydrogen-bond donors (Lipinski definition) is 0. The fourth-order valence-electron chi connectivity index (χ4n) is 4.65. The van der Waals surface area contributed by atoms with Gasteiger partial charge in [-0.2, -0.15) is 0 Å². The van der Waals surface area contributed by atoms with Crippen molar-refractivity contribution in [3.63, 3.8) is 0 Å². The van der Waals surface area contributed by atoms with Crippen LogP contribution in [-0.2, 0) is 30.5 Å². The lowest BCUT2D eigenvalue weighted by Crippen LogP contribution is -2.35. The van der Waals surface area contributed by atoms with Crippen LogP contribution in [0.25, 0.3) is 33.2 Å². The fraction of sp³-hybridized carbons (Fsp3) is 0.353. The normalized spacial score (nSPS) is 12.9. The number of esters is 1. The van der Waals surface area contributed by atoms with Crippen LogP contribution in [0.15, 0.2) is 79.0 Å². The molecule has 4 aromatic rings. The van der Waals surface area contributed by atoms with Crippen molar-refractivity contribution >= 4 is 26.7 Å². The van der Waals surface area contributed by atoms with E-state index in [4.69, 9.17) is 4.74 Å². The molecule has 1 heterocycles. The summed E-state index contributed by atoms with van der Waals surface area (Å²) in [6, 6.07) is 24.2. The highest BCUT2D eigenvalue weighted by molar-refractivity contribution is 7.91. The van der Waals surface area contributed by atoms with E-state index in [2.05, 4.69) is 41.4 Å². The molecule has 3 aromatic carbocycles. The second-order valence-electron chi connectivity index (χ2n) is 12.7. The monoisotopic (exact) mass is 557 g/mol.